The Kier molecular flexibility index (Phi) is 13.1. The monoisotopic (exact) mass is 678 g/mol. The van der Waals surface area contributed by atoms with Crippen molar-refractivity contribution in [1.29, 1.82) is 0 Å². The van der Waals surface area contributed by atoms with Gasteiger partial charge in [0.15, 0.2) is 0 Å². The first kappa shape index (κ1) is 37.9. The Hall–Kier alpha value is -1.27. The molecule has 0 N–H and O–H groups in total. The molecular formula is C36H44Cl2F2NSTi-. The van der Waals surface area contributed by atoms with E-state index in [0.717, 1.165) is 29.9 Å². The van der Waals surface area contributed by atoms with Crippen molar-refractivity contribution in [1.82, 2.24) is 4.90 Å². The van der Waals surface area contributed by atoms with E-state index in [1.54, 1.807) is 20.0 Å². The number of hydrogen-bond acceptors (Lipinski definition) is 2. The van der Waals surface area contributed by atoms with E-state index >= 15 is 0 Å². The molecule has 0 amide bonds. The fraction of sp³-hybridized carbons (Fsp3) is 0.444. The van der Waals surface area contributed by atoms with Crippen molar-refractivity contribution < 1.29 is 53.6 Å². The number of fused-ring (bicyclic) bond motifs is 1. The number of thiophene rings is 1. The third-order valence-corrected chi connectivity index (χ3v) is 10.5. The van der Waals surface area contributed by atoms with Gasteiger partial charge in [-0.15, -0.1) is 11.1 Å². The Labute approximate surface area is 285 Å². The van der Waals surface area contributed by atoms with Crippen LogP contribution in [0, 0.1) is 32.4 Å². The maximum absolute atomic E-state index is 13.6. The SMILES string of the molecule is Cc1c2s[cH-]c(-c3cc(C(C)(C)C)cc(C(C)(C)C)c3)c-2c(C)c1C.Fc1cccc(F)c1[C](=[Ti+2])N1CCCCC1.[Cl-].[Cl-]. The van der Waals surface area contributed by atoms with Crippen molar-refractivity contribution in [2.24, 2.45) is 0 Å². The van der Waals surface area contributed by atoms with Gasteiger partial charge >= 0.3 is 105 Å². The van der Waals surface area contributed by atoms with E-state index < -0.39 is 11.6 Å². The van der Waals surface area contributed by atoms with Crippen LogP contribution in [0.3, 0.4) is 0 Å². The van der Waals surface area contributed by atoms with E-state index in [-0.39, 0.29) is 41.2 Å². The summed E-state index contributed by atoms with van der Waals surface area (Å²) < 4.78 is 27.9. The Morgan fingerprint density at radius 3 is 1.79 bits per heavy atom. The number of hydrogen-bond donors (Lipinski definition) is 0. The minimum Gasteiger partial charge on any atom is -1.00 e. The molecule has 0 atom stereocenters. The van der Waals surface area contributed by atoms with Crippen LogP contribution < -0.4 is 24.8 Å². The molecule has 0 unspecified atom stereocenters. The van der Waals surface area contributed by atoms with Gasteiger partial charge in [0, 0.05) is 0 Å². The summed E-state index contributed by atoms with van der Waals surface area (Å²) in [6.07, 6.45) is 3.42. The van der Waals surface area contributed by atoms with Gasteiger partial charge in [0.25, 0.3) is 0 Å². The average molecular weight is 680 g/mol. The summed E-state index contributed by atoms with van der Waals surface area (Å²) in [6.45, 7) is 22.5. The molecule has 0 spiro atoms. The van der Waals surface area contributed by atoms with Gasteiger partial charge in [0.1, 0.15) is 0 Å². The number of nitrogens with zero attached hydrogens (tertiary/aromatic N) is 1. The zero-order chi connectivity index (χ0) is 30.3. The van der Waals surface area contributed by atoms with Crippen LogP contribution in [-0.4, -0.2) is 21.9 Å². The van der Waals surface area contributed by atoms with Gasteiger partial charge in [-0.25, -0.2) is 0 Å². The predicted octanol–water partition coefficient (Wildman–Crippen LogP) is 4.24. The van der Waals surface area contributed by atoms with Gasteiger partial charge in [-0.3, -0.25) is 11.3 Å². The van der Waals surface area contributed by atoms with E-state index in [9.17, 15) is 8.78 Å². The van der Waals surface area contributed by atoms with Crippen molar-refractivity contribution in [3.63, 3.8) is 0 Å². The number of halogens is 4. The quantitative estimate of drug-likeness (QED) is 0.232. The number of benzene rings is 2. The topological polar surface area (TPSA) is 3.24 Å². The van der Waals surface area contributed by atoms with E-state index in [1.165, 1.54) is 74.0 Å². The molecular weight excluding hydrogens is 635 g/mol. The van der Waals surface area contributed by atoms with Crippen LogP contribution in [0.1, 0.15) is 94.2 Å². The molecule has 0 bridgehead atoms. The maximum Gasteiger partial charge on any atom is -1.00 e. The largest absolute Gasteiger partial charge is 1.00 e. The molecule has 1 aliphatic carbocycles. The van der Waals surface area contributed by atoms with Crippen LogP contribution in [0.5, 0.6) is 0 Å². The van der Waals surface area contributed by atoms with Gasteiger partial charge in [-0.1, -0.05) is 103 Å². The summed E-state index contributed by atoms with van der Waals surface area (Å²) in [5.74, 6) is -0.939. The van der Waals surface area contributed by atoms with Crippen LogP contribution in [0.2, 0.25) is 0 Å². The molecule has 1 nitrogen and oxygen atoms in total. The van der Waals surface area contributed by atoms with Crippen molar-refractivity contribution in [3.8, 4) is 21.6 Å². The normalized spacial score (nSPS) is 14.1. The van der Waals surface area contributed by atoms with Gasteiger partial charge in [-0.2, -0.15) is 0 Å². The second kappa shape index (κ2) is 14.9. The van der Waals surface area contributed by atoms with Crippen LogP contribution in [0.4, 0.5) is 8.78 Å². The van der Waals surface area contributed by atoms with Crippen molar-refractivity contribution in [2.75, 3.05) is 13.1 Å². The molecule has 5 rings (SSSR count). The first-order chi connectivity index (χ1) is 19.1. The first-order valence-electron chi connectivity index (χ1n) is 14.7. The summed E-state index contributed by atoms with van der Waals surface area (Å²) in [5.41, 5.74) is 11.9. The smallest absolute Gasteiger partial charge is 1.00 e. The molecule has 2 aromatic rings. The molecule has 2 aliphatic heterocycles. The summed E-state index contributed by atoms with van der Waals surface area (Å²) >= 11 is 3.70. The fourth-order valence-corrected chi connectivity index (χ4v) is 7.43. The van der Waals surface area contributed by atoms with Gasteiger partial charge in [0.2, 0.25) is 0 Å². The molecule has 232 valence electrons. The standard InChI is InChI=1S/C24H31S.C12H13F2N.2ClH.Ti/c1-14-15(2)21-20(13-25-22(21)16(14)3)17-10-18(23(4,5)6)12-19(11-17)24(7,8)9;13-11-5-4-6-12(14)10(11)9-15-7-2-1-3-8-15;;;/h10-13H,1-9H3;4-6H,1-3,7-8H2;2*1H;/q-1;;;;+2/p-2. The van der Waals surface area contributed by atoms with Crippen LogP contribution in [0.25, 0.3) is 21.6 Å². The third kappa shape index (κ3) is 8.31. The second-order valence-electron chi connectivity index (χ2n) is 13.5. The molecule has 43 heavy (non-hydrogen) atoms. The van der Waals surface area contributed by atoms with E-state index in [2.05, 4.69) is 90.8 Å². The van der Waals surface area contributed by atoms with Gasteiger partial charge in [0.05, 0.1) is 0 Å². The predicted molar refractivity (Wildman–Crippen MR) is 169 cm³/mol. The molecule has 2 heterocycles. The first-order valence-corrected chi connectivity index (χ1v) is 16.3. The van der Waals surface area contributed by atoms with Crippen molar-refractivity contribution >= 4 is 15.3 Å². The zero-order valence-corrected chi connectivity index (χ0v) is 30.8. The minimum atomic E-state index is -0.469. The van der Waals surface area contributed by atoms with E-state index in [0.29, 0.717) is 0 Å². The minimum absolute atomic E-state index is 0. The Morgan fingerprint density at radius 2 is 1.30 bits per heavy atom. The molecule has 1 fully saturated rings. The van der Waals surface area contributed by atoms with E-state index in [1.807, 2.05) is 11.3 Å². The number of likely N-dealkylation sites (tertiary alicyclic amines) is 1. The van der Waals surface area contributed by atoms with Crippen LogP contribution in [0.15, 0.2) is 41.8 Å². The van der Waals surface area contributed by atoms with Crippen LogP contribution in [-0.2, 0) is 30.8 Å². The summed E-state index contributed by atoms with van der Waals surface area (Å²) in [7, 11) is 0. The molecule has 7 heteroatoms. The van der Waals surface area contributed by atoms with Gasteiger partial charge < -0.3 is 24.8 Å². The molecule has 0 aromatic heterocycles. The molecule has 0 saturated carbocycles. The number of piperidine rings is 1. The average Bonchev–Trinajstić information content (AvgIpc) is 3.44. The molecule has 2 aromatic carbocycles. The zero-order valence-electron chi connectivity index (χ0n) is 26.9. The summed E-state index contributed by atoms with van der Waals surface area (Å²) in [4.78, 5) is 3.54. The van der Waals surface area contributed by atoms with E-state index in [4.69, 9.17) is 0 Å². The van der Waals surface area contributed by atoms with Crippen LogP contribution >= 0.6 is 11.3 Å². The van der Waals surface area contributed by atoms with Gasteiger partial charge in [-0.05, 0) is 31.6 Å². The maximum atomic E-state index is 13.6. The second-order valence-corrected chi connectivity index (χ2v) is 15.1. The molecule has 0 radical (unpaired) electrons. The molecule has 3 aliphatic rings. The third-order valence-electron chi connectivity index (χ3n) is 8.48. The van der Waals surface area contributed by atoms with Crippen molar-refractivity contribution in [2.45, 2.75) is 92.4 Å². The Morgan fingerprint density at radius 1 is 0.791 bits per heavy atom. The summed E-state index contributed by atoms with van der Waals surface area (Å²) in [6, 6.07) is 11.2. The Balaban J connectivity index is 0.000000312. The summed E-state index contributed by atoms with van der Waals surface area (Å²) in [5, 5.41) is 2.36. The fourth-order valence-electron chi connectivity index (χ4n) is 5.51. The van der Waals surface area contributed by atoms with Crippen molar-refractivity contribution in [3.05, 3.63) is 86.8 Å². The number of rotatable bonds is 3. The Bertz CT molecular complexity index is 1460. The molecule has 1 saturated heterocycles.